The minimum absolute atomic E-state index is 0.122. The van der Waals surface area contributed by atoms with E-state index in [0.29, 0.717) is 27.0 Å². The highest BCUT2D eigenvalue weighted by molar-refractivity contribution is 9.10. The molecule has 0 unspecified atom stereocenters. The molecule has 10 heteroatoms. The van der Waals surface area contributed by atoms with Crippen molar-refractivity contribution >= 4 is 56.8 Å². The normalized spacial score (nSPS) is 10.9. The number of ether oxygens (including phenoxy) is 1. The maximum Gasteiger partial charge on any atom is 0.272 e. The molecular formula is C23H17BrClN3O5. The fourth-order valence-electron chi connectivity index (χ4n) is 2.83. The van der Waals surface area contributed by atoms with Crippen molar-refractivity contribution < 1.29 is 19.2 Å². The summed E-state index contributed by atoms with van der Waals surface area (Å²) in [5, 5.41) is 16.6. The van der Waals surface area contributed by atoms with Crippen molar-refractivity contribution in [2.75, 3.05) is 12.4 Å². The number of methoxy groups -OCH3 is 1. The maximum atomic E-state index is 13.0. The highest BCUT2D eigenvalue weighted by Gasteiger charge is 2.18. The molecule has 2 amide bonds. The van der Waals surface area contributed by atoms with Crippen molar-refractivity contribution in [1.29, 1.82) is 0 Å². The number of hydrogen-bond acceptors (Lipinski definition) is 5. The minimum Gasteiger partial charge on any atom is -0.495 e. The van der Waals surface area contributed by atoms with Gasteiger partial charge in [0.15, 0.2) is 0 Å². The van der Waals surface area contributed by atoms with Gasteiger partial charge in [-0.25, -0.2) is 0 Å². The van der Waals surface area contributed by atoms with Gasteiger partial charge in [-0.3, -0.25) is 19.7 Å². The van der Waals surface area contributed by atoms with Crippen molar-refractivity contribution in [2.24, 2.45) is 0 Å². The summed E-state index contributed by atoms with van der Waals surface area (Å²) in [6.07, 6.45) is 1.35. The lowest BCUT2D eigenvalue weighted by molar-refractivity contribution is -0.384. The van der Waals surface area contributed by atoms with Crippen LogP contribution in [0.2, 0.25) is 5.02 Å². The van der Waals surface area contributed by atoms with E-state index >= 15 is 0 Å². The molecule has 0 spiro atoms. The van der Waals surface area contributed by atoms with Gasteiger partial charge >= 0.3 is 0 Å². The molecule has 0 radical (unpaired) electrons. The average molecular weight is 531 g/mol. The molecule has 3 aromatic carbocycles. The molecule has 8 nitrogen and oxygen atoms in total. The molecule has 3 rings (SSSR count). The van der Waals surface area contributed by atoms with Gasteiger partial charge in [0, 0.05) is 22.3 Å². The molecule has 0 aliphatic carbocycles. The number of rotatable bonds is 7. The number of nitro benzene ring substituents is 1. The highest BCUT2D eigenvalue weighted by Crippen LogP contribution is 2.27. The number of amides is 2. The Morgan fingerprint density at radius 3 is 2.52 bits per heavy atom. The predicted octanol–water partition coefficient (Wildman–Crippen LogP) is 5.43. The number of nitrogens with zero attached hydrogens (tertiary/aromatic N) is 1. The summed E-state index contributed by atoms with van der Waals surface area (Å²) in [6.45, 7) is 0. The molecule has 0 heterocycles. The molecule has 168 valence electrons. The molecule has 0 bridgehead atoms. The molecular weight excluding hydrogens is 514 g/mol. The molecule has 0 atom stereocenters. The summed E-state index contributed by atoms with van der Waals surface area (Å²) in [6, 6.07) is 17.1. The first-order valence-corrected chi connectivity index (χ1v) is 10.6. The number of carbonyl (C=O) groups excluding carboxylic acids is 2. The van der Waals surface area contributed by atoms with E-state index in [1.54, 1.807) is 42.5 Å². The molecule has 0 saturated heterocycles. The van der Waals surface area contributed by atoms with E-state index in [-0.39, 0.29) is 16.4 Å². The monoisotopic (exact) mass is 529 g/mol. The van der Waals surface area contributed by atoms with Crippen LogP contribution in [0.4, 0.5) is 11.4 Å². The van der Waals surface area contributed by atoms with Crippen LogP contribution in [0, 0.1) is 10.1 Å². The first-order chi connectivity index (χ1) is 15.8. The molecule has 33 heavy (non-hydrogen) atoms. The second-order valence-corrected chi connectivity index (χ2v) is 7.91. The van der Waals surface area contributed by atoms with Gasteiger partial charge in [0.25, 0.3) is 17.5 Å². The van der Waals surface area contributed by atoms with Crippen LogP contribution in [-0.2, 0) is 4.79 Å². The number of nitrogens with one attached hydrogen (secondary N) is 2. The van der Waals surface area contributed by atoms with Gasteiger partial charge in [-0.15, -0.1) is 0 Å². The number of halogens is 2. The van der Waals surface area contributed by atoms with Gasteiger partial charge < -0.3 is 15.4 Å². The largest absolute Gasteiger partial charge is 0.495 e. The topological polar surface area (TPSA) is 111 Å². The maximum absolute atomic E-state index is 13.0. The van der Waals surface area contributed by atoms with Crippen molar-refractivity contribution in [1.82, 2.24) is 5.32 Å². The number of benzene rings is 3. The van der Waals surface area contributed by atoms with Gasteiger partial charge in [0.05, 0.1) is 22.6 Å². The number of non-ortho nitro benzene ring substituents is 1. The van der Waals surface area contributed by atoms with Crippen LogP contribution in [0.5, 0.6) is 5.75 Å². The van der Waals surface area contributed by atoms with E-state index in [0.717, 1.165) is 0 Å². The lowest BCUT2D eigenvalue weighted by atomic mass is 10.1. The van der Waals surface area contributed by atoms with Gasteiger partial charge in [-0.2, -0.15) is 0 Å². The molecule has 0 saturated carbocycles. The first-order valence-electron chi connectivity index (χ1n) is 9.45. The Labute approximate surface area is 202 Å². The number of hydrogen-bond donors (Lipinski definition) is 2. The zero-order chi connectivity index (χ0) is 24.0. The third-order valence-electron chi connectivity index (χ3n) is 4.41. The minimum atomic E-state index is -0.650. The van der Waals surface area contributed by atoms with Crippen LogP contribution in [0.3, 0.4) is 0 Å². The molecule has 0 fully saturated rings. The summed E-state index contributed by atoms with van der Waals surface area (Å²) >= 11 is 9.43. The Morgan fingerprint density at radius 2 is 1.85 bits per heavy atom. The average Bonchev–Trinajstić information content (AvgIpc) is 2.79. The third-order valence-corrected chi connectivity index (χ3v) is 5.40. The second-order valence-electron chi connectivity index (χ2n) is 6.65. The Hall–Kier alpha value is -3.69. The summed E-state index contributed by atoms with van der Waals surface area (Å²) in [4.78, 5) is 36.4. The van der Waals surface area contributed by atoms with Gasteiger partial charge in [-0.1, -0.05) is 35.9 Å². The van der Waals surface area contributed by atoms with Crippen LogP contribution < -0.4 is 15.4 Å². The van der Waals surface area contributed by atoms with Crippen LogP contribution in [0.15, 0.2) is 76.9 Å². The summed E-state index contributed by atoms with van der Waals surface area (Å²) < 4.78 is 5.64. The Morgan fingerprint density at radius 1 is 1.09 bits per heavy atom. The zero-order valence-electron chi connectivity index (χ0n) is 17.2. The third kappa shape index (κ3) is 6.18. The highest BCUT2D eigenvalue weighted by atomic mass is 79.9. The quantitative estimate of drug-likeness (QED) is 0.240. The summed E-state index contributed by atoms with van der Waals surface area (Å²) in [7, 11) is 1.47. The zero-order valence-corrected chi connectivity index (χ0v) is 19.5. The van der Waals surface area contributed by atoms with E-state index in [1.165, 1.54) is 37.5 Å². The predicted molar refractivity (Wildman–Crippen MR) is 129 cm³/mol. The van der Waals surface area contributed by atoms with Gasteiger partial charge in [0.2, 0.25) is 0 Å². The molecule has 0 aliphatic heterocycles. The smallest absolute Gasteiger partial charge is 0.272 e. The van der Waals surface area contributed by atoms with Crippen molar-refractivity contribution in [3.05, 3.63) is 103 Å². The fourth-order valence-corrected chi connectivity index (χ4v) is 3.55. The van der Waals surface area contributed by atoms with E-state index in [1.807, 2.05) is 0 Å². The van der Waals surface area contributed by atoms with Crippen LogP contribution >= 0.6 is 27.5 Å². The Bertz CT molecular complexity index is 1260. The van der Waals surface area contributed by atoms with Crippen LogP contribution in [-0.4, -0.2) is 23.8 Å². The van der Waals surface area contributed by atoms with E-state index in [2.05, 4.69) is 26.6 Å². The second kappa shape index (κ2) is 10.8. The molecule has 3 aromatic rings. The van der Waals surface area contributed by atoms with Gasteiger partial charge in [0.1, 0.15) is 11.4 Å². The van der Waals surface area contributed by atoms with Crippen LogP contribution in [0.25, 0.3) is 6.08 Å². The number of carbonyl (C=O) groups is 2. The molecule has 2 N–H and O–H groups in total. The van der Waals surface area contributed by atoms with Crippen molar-refractivity contribution in [3.63, 3.8) is 0 Å². The SMILES string of the molecule is COc1ccc(NC(=O)/C(=C/c2cccc([N+](=O)[O-])c2)NC(=O)c2ccccc2Br)cc1Cl. The standard InChI is InChI=1S/C23H17BrClN3O5/c1-33-21-10-9-15(13-19(21)25)26-23(30)20(12-14-5-4-6-16(11-14)28(31)32)27-22(29)17-7-2-3-8-18(17)24/h2-13H,1H3,(H,26,30)(H,27,29)/b20-12-. The number of nitro groups is 1. The van der Waals surface area contributed by atoms with Crippen LogP contribution in [0.1, 0.15) is 15.9 Å². The van der Waals surface area contributed by atoms with E-state index in [9.17, 15) is 19.7 Å². The lowest BCUT2D eigenvalue weighted by Crippen LogP contribution is -2.31. The Kier molecular flexibility index (Phi) is 7.81. The van der Waals surface area contributed by atoms with Crippen molar-refractivity contribution in [2.45, 2.75) is 0 Å². The van der Waals surface area contributed by atoms with E-state index < -0.39 is 16.7 Å². The Balaban J connectivity index is 1.95. The molecule has 0 aliphatic rings. The molecule has 0 aromatic heterocycles. The van der Waals surface area contributed by atoms with Crippen molar-refractivity contribution in [3.8, 4) is 5.75 Å². The van der Waals surface area contributed by atoms with E-state index in [4.69, 9.17) is 16.3 Å². The first kappa shape index (κ1) is 24.0. The lowest BCUT2D eigenvalue weighted by Gasteiger charge is -2.13. The number of anilines is 1. The summed E-state index contributed by atoms with van der Waals surface area (Å²) in [5.41, 5.74) is 0.758. The van der Waals surface area contributed by atoms with Gasteiger partial charge in [-0.05, 0) is 57.9 Å². The fraction of sp³-hybridized carbons (Fsp3) is 0.0435. The summed E-state index contributed by atoms with van der Waals surface area (Å²) in [5.74, 6) is -0.755.